The van der Waals surface area contributed by atoms with Crippen molar-refractivity contribution in [2.75, 3.05) is 6.16 Å². The van der Waals surface area contributed by atoms with Crippen LogP contribution in [0.4, 0.5) is 0 Å². The first kappa shape index (κ1) is 26.5. The van der Waals surface area contributed by atoms with Crippen molar-refractivity contribution < 1.29 is 15.3 Å². The third-order valence-electron chi connectivity index (χ3n) is 5.58. The Balaban J connectivity index is 0.000000122. The van der Waals surface area contributed by atoms with E-state index in [0.717, 1.165) is 16.2 Å². The minimum Gasteiger partial charge on any atom is -0.506 e. The van der Waals surface area contributed by atoms with Gasteiger partial charge < -0.3 is 15.3 Å². The number of rotatable bonds is 0. The van der Waals surface area contributed by atoms with Gasteiger partial charge in [0.1, 0.15) is 33.8 Å². The summed E-state index contributed by atoms with van der Waals surface area (Å²) >= 11 is 0. The number of benzene rings is 3. The van der Waals surface area contributed by atoms with E-state index >= 15 is 0 Å². The molecule has 0 saturated heterocycles. The van der Waals surface area contributed by atoms with E-state index in [-0.39, 0.29) is 17.2 Å². The summed E-state index contributed by atoms with van der Waals surface area (Å²) in [5.74, 6) is 3.05. The van der Waals surface area contributed by atoms with Gasteiger partial charge in [0.25, 0.3) is 0 Å². The first-order valence-corrected chi connectivity index (χ1v) is 13.3. The summed E-state index contributed by atoms with van der Waals surface area (Å²) in [5, 5.41) is 30.8. The maximum atomic E-state index is 9.31. The number of aromatic hydroxyl groups is 3. The molecule has 1 aliphatic heterocycles. The van der Waals surface area contributed by atoms with E-state index in [1.807, 2.05) is 54.6 Å². The number of aromatic nitrogens is 3. The number of pyridine rings is 3. The topological polar surface area (TPSA) is 99.4 Å². The molecule has 0 radical (unpaired) electrons. The summed E-state index contributed by atoms with van der Waals surface area (Å²) in [6.45, 7) is 0. The van der Waals surface area contributed by atoms with Gasteiger partial charge in [-0.25, -0.2) is 0 Å². The van der Waals surface area contributed by atoms with Crippen LogP contribution in [0.1, 0.15) is 12.8 Å². The summed E-state index contributed by atoms with van der Waals surface area (Å²) < 4.78 is 0. The fourth-order valence-corrected chi connectivity index (χ4v) is 4.63. The lowest BCUT2D eigenvalue weighted by molar-refractivity contribution is 0.480. The predicted octanol–water partition coefficient (Wildman–Crippen LogP) is 7.35. The van der Waals surface area contributed by atoms with E-state index in [9.17, 15) is 15.3 Å². The van der Waals surface area contributed by atoms with Gasteiger partial charge in [0.15, 0.2) is 0 Å². The summed E-state index contributed by atoms with van der Waals surface area (Å²) in [7, 11) is 1.57. The van der Waals surface area contributed by atoms with Crippen molar-refractivity contribution in [2.24, 2.45) is 0 Å². The summed E-state index contributed by atoms with van der Waals surface area (Å²) in [6.07, 6.45) is 9.22. The quantitative estimate of drug-likeness (QED) is 0.181. The van der Waals surface area contributed by atoms with Crippen LogP contribution < -0.4 is 0 Å². The van der Waals surface area contributed by atoms with Gasteiger partial charge in [0.05, 0.1) is 0 Å². The van der Waals surface area contributed by atoms with Gasteiger partial charge in [-0.1, -0.05) is 60.4 Å². The summed E-state index contributed by atoms with van der Waals surface area (Å²) in [6, 6.07) is 27.4. The molecule has 7 heteroatoms. The van der Waals surface area contributed by atoms with Crippen LogP contribution in [0.2, 0.25) is 0 Å². The molecule has 190 valence electrons. The SMILES string of the molecule is C1=PCCC1.Oc1cccc2cccnc12.Oc1cccc2cccnc12.Oc1cccc2cccnc12. The molecule has 3 aromatic carbocycles. The lowest BCUT2D eigenvalue weighted by Gasteiger charge is -1.96. The molecule has 0 spiro atoms. The minimum atomic E-state index is 0.239. The molecule has 0 atom stereocenters. The molecular weight excluding hydrogens is 493 g/mol. The predicted molar refractivity (Wildman–Crippen MR) is 157 cm³/mol. The van der Waals surface area contributed by atoms with Gasteiger partial charge in [-0.05, 0) is 55.4 Å². The zero-order chi connectivity index (χ0) is 26.6. The molecule has 1 aliphatic rings. The third-order valence-corrected chi connectivity index (χ3v) is 6.67. The lowest BCUT2D eigenvalue weighted by atomic mass is 10.2. The van der Waals surface area contributed by atoms with Crippen molar-refractivity contribution in [2.45, 2.75) is 12.8 Å². The molecule has 3 aromatic heterocycles. The number of fused-ring (bicyclic) bond motifs is 3. The van der Waals surface area contributed by atoms with Crippen molar-refractivity contribution >= 4 is 46.7 Å². The molecular formula is C31H28N3O3P. The smallest absolute Gasteiger partial charge is 0.141 e. The minimum absolute atomic E-state index is 0.239. The van der Waals surface area contributed by atoms with Crippen LogP contribution in [0.15, 0.2) is 110 Å². The fourth-order valence-electron chi connectivity index (χ4n) is 3.72. The number of nitrogens with zero attached hydrogens (tertiary/aromatic N) is 3. The molecule has 0 aliphatic carbocycles. The van der Waals surface area contributed by atoms with E-state index in [4.69, 9.17) is 0 Å². The van der Waals surface area contributed by atoms with E-state index in [1.54, 1.807) is 63.2 Å². The summed E-state index contributed by atoms with van der Waals surface area (Å²) in [5.41, 5.74) is 1.99. The van der Waals surface area contributed by atoms with Gasteiger partial charge in [0, 0.05) is 34.7 Å². The molecule has 6 aromatic rings. The van der Waals surface area contributed by atoms with Gasteiger partial charge >= 0.3 is 0 Å². The van der Waals surface area contributed by atoms with E-state index in [0.29, 0.717) is 16.6 Å². The van der Waals surface area contributed by atoms with Crippen LogP contribution in [-0.4, -0.2) is 42.2 Å². The first-order valence-electron chi connectivity index (χ1n) is 12.2. The van der Waals surface area contributed by atoms with Gasteiger partial charge in [-0.15, -0.1) is 8.20 Å². The monoisotopic (exact) mass is 521 g/mol. The molecule has 0 bridgehead atoms. The number of hydrogen-bond donors (Lipinski definition) is 3. The van der Waals surface area contributed by atoms with Crippen LogP contribution in [-0.2, 0) is 0 Å². The summed E-state index contributed by atoms with van der Waals surface area (Å²) in [4.78, 5) is 12.1. The average molecular weight is 522 g/mol. The van der Waals surface area contributed by atoms with Crippen molar-refractivity contribution in [1.29, 1.82) is 0 Å². The number of para-hydroxylation sites is 3. The molecule has 4 heterocycles. The standard InChI is InChI=1S/3C9H7NO.C4H7P/c3*11-8-5-1-3-7-4-2-6-10-9(7)8;1-2-4-5-3-1/h3*1-6,11H;3H,1-2,4H2. The molecule has 7 rings (SSSR count). The Morgan fingerprint density at radius 1 is 0.500 bits per heavy atom. The van der Waals surface area contributed by atoms with Gasteiger partial charge in [-0.2, -0.15) is 0 Å². The second kappa shape index (κ2) is 13.7. The molecule has 3 N–H and O–H groups in total. The molecule has 0 saturated carbocycles. The van der Waals surface area contributed by atoms with Crippen molar-refractivity contribution in [3.8, 4) is 17.2 Å². The van der Waals surface area contributed by atoms with Gasteiger partial charge in [0.2, 0.25) is 0 Å². The maximum absolute atomic E-state index is 9.31. The van der Waals surface area contributed by atoms with Crippen LogP contribution in [0.5, 0.6) is 17.2 Å². The molecule has 0 fully saturated rings. The van der Waals surface area contributed by atoms with Crippen LogP contribution in [0.25, 0.3) is 32.7 Å². The third kappa shape index (κ3) is 7.25. The highest BCUT2D eigenvalue weighted by molar-refractivity contribution is 7.38. The lowest BCUT2D eigenvalue weighted by Crippen LogP contribution is -1.76. The van der Waals surface area contributed by atoms with Crippen molar-refractivity contribution in [3.05, 3.63) is 110 Å². The Morgan fingerprint density at radius 3 is 1.13 bits per heavy atom. The highest BCUT2D eigenvalue weighted by Crippen LogP contribution is 2.22. The highest BCUT2D eigenvalue weighted by atomic mass is 31.1. The zero-order valence-electron chi connectivity index (χ0n) is 20.7. The Kier molecular flexibility index (Phi) is 9.55. The Morgan fingerprint density at radius 2 is 0.868 bits per heavy atom. The number of phenols is 3. The van der Waals surface area contributed by atoms with Crippen molar-refractivity contribution in [3.63, 3.8) is 0 Å². The fraction of sp³-hybridized carbons (Fsp3) is 0.0968. The van der Waals surface area contributed by atoms with E-state index < -0.39 is 0 Å². The van der Waals surface area contributed by atoms with Gasteiger partial charge in [-0.3, -0.25) is 15.0 Å². The van der Waals surface area contributed by atoms with E-state index in [2.05, 4.69) is 20.7 Å². The van der Waals surface area contributed by atoms with Crippen LogP contribution in [0, 0.1) is 0 Å². The number of phenolic OH excluding ortho intramolecular Hbond substituents is 3. The maximum Gasteiger partial charge on any atom is 0.141 e. The number of hydrogen-bond acceptors (Lipinski definition) is 6. The second-order valence-corrected chi connectivity index (χ2v) is 9.47. The van der Waals surface area contributed by atoms with Crippen LogP contribution >= 0.6 is 8.20 Å². The first-order chi connectivity index (χ1) is 18.6. The Hall–Kier alpha value is -4.54. The van der Waals surface area contributed by atoms with E-state index in [1.165, 1.54) is 19.0 Å². The Bertz CT molecular complexity index is 1450. The van der Waals surface area contributed by atoms with Crippen LogP contribution in [0.3, 0.4) is 0 Å². The normalized spacial score (nSPS) is 12.0. The largest absolute Gasteiger partial charge is 0.506 e. The molecule has 6 nitrogen and oxygen atoms in total. The second-order valence-electron chi connectivity index (χ2n) is 8.29. The molecule has 0 unspecified atom stereocenters. The zero-order valence-corrected chi connectivity index (χ0v) is 21.6. The highest BCUT2D eigenvalue weighted by Gasteiger charge is 1.98. The Labute approximate surface area is 222 Å². The molecule has 38 heavy (non-hydrogen) atoms. The average Bonchev–Trinajstić information content (AvgIpc) is 3.56. The van der Waals surface area contributed by atoms with Crippen molar-refractivity contribution in [1.82, 2.24) is 15.0 Å². The molecule has 0 amide bonds.